The zero-order valence-electron chi connectivity index (χ0n) is 11.1. The van der Waals surface area contributed by atoms with E-state index in [9.17, 15) is 4.79 Å². The molecule has 0 unspecified atom stereocenters. The highest BCUT2D eigenvalue weighted by Crippen LogP contribution is 2.22. The van der Waals surface area contributed by atoms with Crippen molar-refractivity contribution in [3.63, 3.8) is 0 Å². The Bertz CT molecular complexity index is 617. The van der Waals surface area contributed by atoms with Gasteiger partial charge in [0.25, 0.3) is 5.91 Å². The second kappa shape index (κ2) is 6.47. The fourth-order valence-corrected chi connectivity index (χ4v) is 1.91. The molecule has 0 aromatic carbocycles. The van der Waals surface area contributed by atoms with E-state index in [1.54, 1.807) is 36.7 Å². The van der Waals surface area contributed by atoms with Crippen LogP contribution < -0.4 is 10.1 Å². The highest BCUT2D eigenvalue weighted by molar-refractivity contribution is 9.10. The summed E-state index contributed by atoms with van der Waals surface area (Å²) in [5, 5.41) is 2.78. The molecule has 0 atom stereocenters. The number of halogens is 1. The number of pyridine rings is 2. The maximum absolute atomic E-state index is 12.2. The van der Waals surface area contributed by atoms with Gasteiger partial charge in [0.2, 0.25) is 5.88 Å². The lowest BCUT2D eigenvalue weighted by atomic mass is 10.2. The van der Waals surface area contributed by atoms with Gasteiger partial charge in [-0.15, -0.1) is 0 Å². The molecular formula is C14H14BrN3O2. The summed E-state index contributed by atoms with van der Waals surface area (Å²) < 4.78 is 6.16. The Hall–Kier alpha value is -1.95. The van der Waals surface area contributed by atoms with Crippen molar-refractivity contribution in [1.82, 2.24) is 9.97 Å². The monoisotopic (exact) mass is 335 g/mol. The molecule has 104 valence electrons. The van der Waals surface area contributed by atoms with Gasteiger partial charge < -0.3 is 10.1 Å². The number of hydrogen-bond acceptors (Lipinski definition) is 4. The first-order chi connectivity index (χ1) is 9.56. The molecule has 2 aromatic heterocycles. The third-order valence-corrected chi connectivity index (χ3v) is 2.79. The molecule has 5 nitrogen and oxygen atoms in total. The van der Waals surface area contributed by atoms with Gasteiger partial charge in [0.05, 0.1) is 6.10 Å². The lowest BCUT2D eigenvalue weighted by Crippen LogP contribution is -2.15. The molecule has 0 aliphatic heterocycles. The fourth-order valence-electron chi connectivity index (χ4n) is 1.54. The van der Waals surface area contributed by atoms with E-state index in [4.69, 9.17) is 4.74 Å². The zero-order chi connectivity index (χ0) is 14.5. The fraction of sp³-hybridized carbons (Fsp3) is 0.214. The molecule has 2 rings (SSSR count). The largest absolute Gasteiger partial charge is 0.473 e. The van der Waals surface area contributed by atoms with Crippen molar-refractivity contribution in [3.05, 3.63) is 46.8 Å². The van der Waals surface area contributed by atoms with Gasteiger partial charge in [-0.1, -0.05) is 0 Å². The van der Waals surface area contributed by atoms with Gasteiger partial charge in [-0.25, -0.2) is 9.97 Å². The molecule has 0 fully saturated rings. The van der Waals surface area contributed by atoms with Crippen LogP contribution in [-0.2, 0) is 0 Å². The summed E-state index contributed by atoms with van der Waals surface area (Å²) in [6.45, 7) is 3.81. The molecule has 0 bridgehead atoms. The molecule has 0 aliphatic carbocycles. The van der Waals surface area contributed by atoms with Crippen LogP contribution >= 0.6 is 15.9 Å². The minimum absolute atomic E-state index is 0.0179. The predicted octanol–water partition coefficient (Wildman–Crippen LogP) is 3.28. The Morgan fingerprint density at radius 2 is 2.10 bits per heavy atom. The van der Waals surface area contributed by atoms with Crippen LogP contribution in [0.3, 0.4) is 0 Å². The SMILES string of the molecule is CC(C)Oc1ncccc1NC(=O)c1ccnc(Br)c1. The van der Waals surface area contributed by atoms with Crippen LogP contribution in [0.4, 0.5) is 5.69 Å². The van der Waals surface area contributed by atoms with E-state index in [1.807, 2.05) is 13.8 Å². The third kappa shape index (κ3) is 3.77. The van der Waals surface area contributed by atoms with Crippen LogP contribution in [0.2, 0.25) is 0 Å². The van der Waals surface area contributed by atoms with E-state index in [-0.39, 0.29) is 12.0 Å². The van der Waals surface area contributed by atoms with Crippen molar-refractivity contribution in [2.75, 3.05) is 5.32 Å². The predicted molar refractivity (Wildman–Crippen MR) is 79.9 cm³/mol. The number of carbonyl (C=O) groups excluding carboxylic acids is 1. The Morgan fingerprint density at radius 1 is 1.30 bits per heavy atom. The zero-order valence-corrected chi connectivity index (χ0v) is 12.7. The van der Waals surface area contributed by atoms with Gasteiger partial charge >= 0.3 is 0 Å². The Labute approximate surface area is 125 Å². The van der Waals surface area contributed by atoms with Crippen LogP contribution in [0, 0.1) is 0 Å². The summed E-state index contributed by atoms with van der Waals surface area (Å²) >= 11 is 3.23. The third-order valence-electron chi connectivity index (χ3n) is 2.36. The summed E-state index contributed by atoms with van der Waals surface area (Å²) in [5.41, 5.74) is 1.05. The maximum atomic E-state index is 12.2. The van der Waals surface area contributed by atoms with E-state index >= 15 is 0 Å². The lowest BCUT2D eigenvalue weighted by Gasteiger charge is -2.13. The second-order valence-corrected chi connectivity index (χ2v) is 5.16. The number of aromatic nitrogens is 2. The van der Waals surface area contributed by atoms with Gasteiger partial charge in [-0.2, -0.15) is 0 Å². The first kappa shape index (κ1) is 14.5. The van der Waals surface area contributed by atoms with Crippen molar-refractivity contribution in [3.8, 4) is 5.88 Å². The molecule has 0 saturated heterocycles. The van der Waals surface area contributed by atoms with E-state index in [1.165, 1.54) is 0 Å². The minimum Gasteiger partial charge on any atom is -0.473 e. The van der Waals surface area contributed by atoms with Crippen LogP contribution in [0.15, 0.2) is 41.3 Å². The van der Waals surface area contributed by atoms with Gasteiger partial charge in [-0.3, -0.25) is 4.79 Å². The van der Waals surface area contributed by atoms with Gasteiger partial charge in [0.1, 0.15) is 10.3 Å². The average molecular weight is 336 g/mol. The molecular weight excluding hydrogens is 322 g/mol. The van der Waals surface area contributed by atoms with E-state index < -0.39 is 0 Å². The second-order valence-electron chi connectivity index (χ2n) is 4.34. The number of rotatable bonds is 4. The van der Waals surface area contributed by atoms with Gasteiger partial charge in [0.15, 0.2) is 0 Å². The number of ether oxygens (including phenoxy) is 1. The summed E-state index contributed by atoms with van der Waals surface area (Å²) in [7, 11) is 0. The van der Waals surface area contributed by atoms with Crippen molar-refractivity contribution in [2.24, 2.45) is 0 Å². The summed E-state index contributed by atoms with van der Waals surface area (Å²) in [6.07, 6.45) is 3.17. The molecule has 0 saturated carbocycles. The van der Waals surface area contributed by atoms with Crippen molar-refractivity contribution < 1.29 is 9.53 Å². The van der Waals surface area contributed by atoms with E-state index in [0.29, 0.717) is 21.7 Å². The Morgan fingerprint density at radius 3 is 2.80 bits per heavy atom. The molecule has 0 aliphatic rings. The van der Waals surface area contributed by atoms with Crippen molar-refractivity contribution in [2.45, 2.75) is 20.0 Å². The standard InChI is InChI=1S/C14H14BrN3O2/c1-9(2)20-14-11(4-3-6-17-14)18-13(19)10-5-7-16-12(15)8-10/h3-9H,1-2H3,(H,18,19). The lowest BCUT2D eigenvalue weighted by molar-refractivity contribution is 0.102. The molecule has 2 heterocycles. The minimum atomic E-state index is -0.241. The van der Waals surface area contributed by atoms with Crippen LogP contribution in [0.1, 0.15) is 24.2 Å². The maximum Gasteiger partial charge on any atom is 0.255 e. The van der Waals surface area contributed by atoms with Crippen LogP contribution in [0.25, 0.3) is 0 Å². The summed E-state index contributed by atoms with van der Waals surface area (Å²) in [6, 6.07) is 6.78. The molecule has 0 radical (unpaired) electrons. The molecule has 20 heavy (non-hydrogen) atoms. The Kier molecular flexibility index (Phi) is 4.68. The van der Waals surface area contributed by atoms with Crippen molar-refractivity contribution in [1.29, 1.82) is 0 Å². The molecule has 1 amide bonds. The first-order valence-electron chi connectivity index (χ1n) is 6.11. The number of anilines is 1. The first-order valence-corrected chi connectivity index (χ1v) is 6.90. The summed E-state index contributed by atoms with van der Waals surface area (Å²) in [5.74, 6) is 0.165. The number of amides is 1. The topological polar surface area (TPSA) is 64.1 Å². The molecule has 1 N–H and O–H groups in total. The van der Waals surface area contributed by atoms with E-state index in [2.05, 4.69) is 31.2 Å². The summed E-state index contributed by atoms with van der Waals surface area (Å²) in [4.78, 5) is 20.3. The normalized spacial score (nSPS) is 10.4. The molecule has 2 aromatic rings. The van der Waals surface area contributed by atoms with Gasteiger partial charge in [-0.05, 0) is 54.0 Å². The van der Waals surface area contributed by atoms with Gasteiger partial charge in [0, 0.05) is 18.0 Å². The quantitative estimate of drug-likeness (QED) is 0.871. The van der Waals surface area contributed by atoms with Crippen LogP contribution in [-0.4, -0.2) is 22.0 Å². The number of nitrogens with zero attached hydrogens (tertiary/aromatic N) is 2. The number of carbonyl (C=O) groups is 1. The highest BCUT2D eigenvalue weighted by Gasteiger charge is 2.12. The van der Waals surface area contributed by atoms with Crippen LogP contribution in [0.5, 0.6) is 5.88 Å². The van der Waals surface area contributed by atoms with E-state index in [0.717, 1.165) is 0 Å². The van der Waals surface area contributed by atoms with Crippen molar-refractivity contribution >= 4 is 27.5 Å². The molecule has 0 spiro atoms. The highest BCUT2D eigenvalue weighted by atomic mass is 79.9. The smallest absolute Gasteiger partial charge is 0.255 e. The number of nitrogens with one attached hydrogen (secondary N) is 1. The Balaban J connectivity index is 2.19. The average Bonchev–Trinajstić information content (AvgIpc) is 2.40. The molecule has 6 heteroatoms. The number of hydrogen-bond donors (Lipinski definition) is 1.